The number of nitrogens with one attached hydrogen (secondary N) is 1. The van der Waals surface area contributed by atoms with Gasteiger partial charge in [0.25, 0.3) is 0 Å². The molecule has 0 amide bonds. The summed E-state index contributed by atoms with van der Waals surface area (Å²) >= 11 is 0. The van der Waals surface area contributed by atoms with Crippen molar-refractivity contribution >= 4 is 5.82 Å². The van der Waals surface area contributed by atoms with Crippen molar-refractivity contribution in [3.05, 3.63) is 17.3 Å². The summed E-state index contributed by atoms with van der Waals surface area (Å²) < 4.78 is 19.1. The van der Waals surface area contributed by atoms with Gasteiger partial charge >= 0.3 is 0 Å². The number of morpholine rings is 1. The maximum absolute atomic E-state index is 13.5. The number of nitrogens with zero attached hydrogens (tertiary/aromatic N) is 3. The predicted molar refractivity (Wildman–Crippen MR) is 60.7 cm³/mol. The van der Waals surface area contributed by atoms with Gasteiger partial charge in [-0.3, -0.25) is 0 Å². The van der Waals surface area contributed by atoms with Crippen LogP contribution in [0.2, 0.25) is 0 Å². The molecule has 3 N–H and O–H groups in total. The van der Waals surface area contributed by atoms with Gasteiger partial charge < -0.3 is 15.1 Å². The number of anilines is 1. The first-order valence-corrected chi connectivity index (χ1v) is 5.42. The number of ether oxygens (including phenoxy) is 1. The largest absolute Gasteiger partial charge is 0.368 e. The topological polar surface area (TPSA) is 76.3 Å². The first-order valence-electron chi connectivity index (χ1n) is 5.42. The van der Waals surface area contributed by atoms with E-state index in [1.165, 1.54) is 0 Å². The molecule has 1 fully saturated rings. The van der Waals surface area contributed by atoms with Crippen molar-refractivity contribution in [2.24, 2.45) is 5.84 Å². The summed E-state index contributed by atoms with van der Waals surface area (Å²) in [6, 6.07) is 0. The van der Waals surface area contributed by atoms with Gasteiger partial charge in [-0.2, -0.15) is 0 Å². The van der Waals surface area contributed by atoms with E-state index in [9.17, 15) is 4.39 Å². The Bertz CT molecular complexity index is 414. The molecule has 1 atom stereocenters. The molecule has 17 heavy (non-hydrogen) atoms. The van der Waals surface area contributed by atoms with Crippen LogP contribution < -0.4 is 11.3 Å². The monoisotopic (exact) mass is 241 g/mol. The molecule has 2 rings (SSSR count). The summed E-state index contributed by atoms with van der Waals surface area (Å²) in [4.78, 5) is 10.3. The Kier molecular flexibility index (Phi) is 3.51. The van der Waals surface area contributed by atoms with Gasteiger partial charge in [-0.05, 0) is 14.0 Å². The predicted octanol–water partition coefficient (Wildman–Crippen LogP) is 0.213. The van der Waals surface area contributed by atoms with Gasteiger partial charge in [-0.1, -0.05) is 0 Å². The number of aromatic nitrogens is 2. The van der Waals surface area contributed by atoms with Crippen LogP contribution in [0.3, 0.4) is 0 Å². The molecule has 0 saturated carbocycles. The fourth-order valence-electron chi connectivity index (χ4n) is 1.75. The van der Waals surface area contributed by atoms with Crippen LogP contribution in [0.5, 0.6) is 0 Å². The van der Waals surface area contributed by atoms with Crippen LogP contribution in [-0.4, -0.2) is 41.6 Å². The van der Waals surface area contributed by atoms with Crippen LogP contribution in [0.25, 0.3) is 0 Å². The van der Waals surface area contributed by atoms with Gasteiger partial charge in [0, 0.05) is 13.1 Å². The van der Waals surface area contributed by atoms with Crippen LogP contribution in [0.4, 0.5) is 10.2 Å². The minimum Gasteiger partial charge on any atom is -0.368 e. The van der Waals surface area contributed by atoms with Gasteiger partial charge in [0.2, 0.25) is 0 Å². The lowest BCUT2D eigenvalue weighted by Crippen LogP contribution is -2.36. The second kappa shape index (κ2) is 4.91. The molecule has 0 aliphatic carbocycles. The third-order valence-electron chi connectivity index (χ3n) is 2.73. The van der Waals surface area contributed by atoms with Crippen molar-refractivity contribution in [2.45, 2.75) is 13.0 Å². The van der Waals surface area contributed by atoms with Crippen molar-refractivity contribution in [2.75, 3.05) is 32.2 Å². The van der Waals surface area contributed by atoms with E-state index in [-0.39, 0.29) is 17.6 Å². The standard InChI is InChI=1S/C10H16FN5O/c1-6-8(11)10(15-12)14-9(13-6)7-5-16(2)3-4-17-7/h7H,3-5,12H2,1-2H3,(H,13,14,15). The highest BCUT2D eigenvalue weighted by Gasteiger charge is 2.24. The molecule has 1 aliphatic rings. The first-order chi connectivity index (χ1) is 8.11. The molecule has 0 aromatic carbocycles. The Morgan fingerprint density at radius 3 is 2.94 bits per heavy atom. The van der Waals surface area contributed by atoms with Gasteiger partial charge in [-0.15, -0.1) is 0 Å². The third-order valence-corrected chi connectivity index (χ3v) is 2.73. The lowest BCUT2D eigenvalue weighted by molar-refractivity contribution is -0.0255. The molecular formula is C10H16FN5O. The zero-order chi connectivity index (χ0) is 12.4. The molecule has 0 radical (unpaired) electrons. The number of aryl methyl sites for hydroxylation is 1. The lowest BCUT2D eigenvalue weighted by atomic mass is 10.2. The summed E-state index contributed by atoms with van der Waals surface area (Å²) in [6.07, 6.45) is -0.236. The van der Waals surface area contributed by atoms with Crippen molar-refractivity contribution < 1.29 is 9.13 Å². The Balaban J connectivity index is 2.29. The van der Waals surface area contributed by atoms with Crippen molar-refractivity contribution in [1.29, 1.82) is 0 Å². The maximum atomic E-state index is 13.5. The van der Waals surface area contributed by atoms with Gasteiger partial charge in [-0.25, -0.2) is 20.2 Å². The summed E-state index contributed by atoms with van der Waals surface area (Å²) in [5, 5.41) is 0. The Labute approximate surface area is 99.0 Å². The molecule has 1 saturated heterocycles. The minimum absolute atomic E-state index is 0.00401. The van der Waals surface area contributed by atoms with Crippen molar-refractivity contribution in [1.82, 2.24) is 14.9 Å². The number of rotatable bonds is 2. The number of hydrogen-bond donors (Lipinski definition) is 2. The average molecular weight is 241 g/mol. The van der Waals surface area contributed by atoms with Gasteiger partial charge in [0.1, 0.15) is 6.10 Å². The van der Waals surface area contributed by atoms with E-state index in [0.29, 0.717) is 19.0 Å². The Morgan fingerprint density at radius 2 is 2.29 bits per heavy atom. The SMILES string of the molecule is Cc1nc(C2CN(C)CCO2)nc(NN)c1F. The van der Waals surface area contributed by atoms with Crippen LogP contribution >= 0.6 is 0 Å². The highest BCUT2D eigenvalue weighted by atomic mass is 19.1. The smallest absolute Gasteiger partial charge is 0.187 e. The van der Waals surface area contributed by atoms with Gasteiger partial charge in [0.05, 0.1) is 12.3 Å². The van der Waals surface area contributed by atoms with E-state index in [4.69, 9.17) is 10.6 Å². The number of halogens is 1. The molecule has 0 spiro atoms. The van der Waals surface area contributed by atoms with E-state index in [2.05, 4.69) is 20.3 Å². The lowest BCUT2D eigenvalue weighted by Gasteiger charge is -2.29. The average Bonchev–Trinajstić information content (AvgIpc) is 2.32. The van der Waals surface area contributed by atoms with E-state index in [1.54, 1.807) is 6.92 Å². The second-order valence-electron chi connectivity index (χ2n) is 4.10. The number of hydrazine groups is 1. The summed E-state index contributed by atoms with van der Waals surface area (Å²) in [6.45, 7) is 3.76. The van der Waals surface area contributed by atoms with Crippen LogP contribution in [0.1, 0.15) is 17.6 Å². The van der Waals surface area contributed by atoms with Crippen molar-refractivity contribution in [3.63, 3.8) is 0 Å². The third kappa shape index (κ3) is 2.51. The number of nitrogen functional groups attached to an aromatic ring is 1. The molecule has 1 aromatic rings. The summed E-state index contributed by atoms with van der Waals surface area (Å²) in [7, 11) is 1.99. The van der Waals surface area contributed by atoms with Gasteiger partial charge in [0.15, 0.2) is 17.5 Å². The maximum Gasteiger partial charge on any atom is 0.187 e. The zero-order valence-electron chi connectivity index (χ0n) is 9.90. The molecule has 0 bridgehead atoms. The minimum atomic E-state index is -0.527. The Morgan fingerprint density at radius 1 is 1.53 bits per heavy atom. The molecule has 1 unspecified atom stereocenters. The summed E-state index contributed by atoms with van der Waals surface area (Å²) in [5.74, 6) is 5.15. The quantitative estimate of drug-likeness (QED) is 0.569. The highest BCUT2D eigenvalue weighted by molar-refractivity contribution is 5.36. The van der Waals surface area contributed by atoms with E-state index < -0.39 is 5.82 Å². The first kappa shape index (κ1) is 12.2. The van der Waals surface area contributed by atoms with Crippen LogP contribution in [0.15, 0.2) is 0 Å². The molecule has 1 aliphatic heterocycles. The molecule has 1 aromatic heterocycles. The molecule has 7 heteroatoms. The number of hydrogen-bond acceptors (Lipinski definition) is 6. The van der Waals surface area contributed by atoms with E-state index >= 15 is 0 Å². The molecular weight excluding hydrogens is 225 g/mol. The Hall–Kier alpha value is -1.31. The summed E-state index contributed by atoms with van der Waals surface area (Å²) in [5.41, 5.74) is 2.50. The van der Waals surface area contributed by atoms with Crippen LogP contribution in [-0.2, 0) is 4.74 Å². The fraction of sp³-hybridized carbons (Fsp3) is 0.600. The highest BCUT2D eigenvalue weighted by Crippen LogP contribution is 2.21. The van der Waals surface area contributed by atoms with E-state index in [1.807, 2.05) is 7.05 Å². The number of nitrogens with two attached hydrogens (primary N) is 1. The normalized spacial score (nSPS) is 21.5. The molecule has 2 heterocycles. The second-order valence-corrected chi connectivity index (χ2v) is 4.10. The van der Waals surface area contributed by atoms with Crippen LogP contribution in [0, 0.1) is 12.7 Å². The zero-order valence-corrected chi connectivity index (χ0v) is 9.90. The van der Waals surface area contributed by atoms with Crippen molar-refractivity contribution in [3.8, 4) is 0 Å². The van der Waals surface area contributed by atoms with E-state index in [0.717, 1.165) is 6.54 Å². The molecule has 94 valence electrons. The number of likely N-dealkylation sites (N-methyl/N-ethyl adjacent to an activating group) is 1. The fourth-order valence-corrected chi connectivity index (χ4v) is 1.75. The molecule has 6 nitrogen and oxygen atoms in total.